The van der Waals surface area contributed by atoms with E-state index in [2.05, 4.69) is 17.2 Å². The van der Waals surface area contributed by atoms with Crippen LogP contribution in [0.2, 0.25) is 0 Å². The summed E-state index contributed by atoms with van der Waals surface area (Å²) in [4.78, 5) is 4.14. The van der Waals surface area contributed by atoms with Crippen molar-refractivity contribution < 1.29 is 0 Å². The van der Waals surface area contributed by atoms with E-state index in [1.165, 1.54) is 11.4 Å². The number of aromatic nitrogens is 1. The molecular formula is C7H13ClN2S. The van der Waals surface area contributed by atoms with E-state index in [4.69, 9.17) is 0 Å². The van der Waals surface area contributed by atoms with E-state index in [9.17, 15) is 0 Å². The molecule has 1 heterocycles. The Bertz CT molecular complexity index is 165. The van der Waals surface area contributed by atoms with Gasteiger partial charge in [-0.3, -0.25) is 0 Å². The van der Waals surface area contributed by atoms with Gasteiger partial charge in [0, 0.05) is 18.1 Å². The maximum absolute atomic E-state index is 4.14. The fourth-order valence-corrected chi connectivity index (χ4v) is 1.30. The summed E-state index contributed by atoms with van der Waals surface area (Å²) < 4.78 is 0. The van der Waals surface area contributed by atoms with Gasteiger partial charge in [-0.2, -0.15) is 0 Å². The standard InChI is InChI=1S/C7H12N2S.ClH/c1-2-3-8-6-7-9-4-5-10-7;/h4-5,8H,2-3,6H2,1H3;1H. The van der Waals surface area contributed by atoms with Gasteiger partial charge in [0.05, 0.1) is 0 Å². The first-order chi connectivity index (χ1) is 4.93. The summed E-state index contributed by atoms with van der Waals surface area (Å²) in [6, 6.07) is 0. The van der Waals surface area contributed by atoms with E-state index in [-0.39, 0.29) is 12.4 Å². The van der Waals surface area contributed by atoms with Crippen LogP contribution in [0.3, 0.4) is 0 Å². The van der Waals surface area contributed by atoms with Crippen LogP contribution in [-0.4, -0.2) is 11.5 Å². The van der Waals surface area contributed by atoms with Gasteiger partial charge < -0.3 is 5.32 Å². The Kier molecular flexibility index (Phi) is 6.51. The number of nitrogens with one attached hydrogen (secondary N) is 1. The van der Waals surface area contributed by atoms with Gasteiger partial charge in [0.25, 0.3) is 0 Å². The molecule has 0 aliphatic heterocycles. The van der Waals surface area contributed by atoms with Gasteiger partial charge in [-0.05, 0) is 13.0 Å². The van der Waals surface area contributed by atoms with Gasteiger partial charge in [0.2, 0.25) is 0 Å². The van der Waals surface area contributed by atoms with E-state index < -0.39 is 0 Å². The van der Waals surface area contributed by atoms with Crippen molar-refractivity contribution in [3.63, 3.8) is 0 Å². The van der Waals surface area contributed by atoms with Crippen LogP contribution in [0.25, 0.3) is 0 Å². The summed E-state index contributed by atoms with van der Waals surface area (Å²) in [5, 5.41) is 6.46. The zero-order chi connectivity index (χ0) is 7.23. The Morgan fingerprint density at radius 1 is 1.64 bits per heavy atom. The van der Waals surface area contributed by atoms with Crippen LogP contribution in [0.4, 0.5) is 0 Å². The van der Waals surface area contributed by atoms with Crippen molar-refractivity contribution in [3.8, 4) is 0 Å². The molecule has 0 saturated heterocycles. The van der Waals surface area contributed by atoms with Crippen molar-refractivity contribution >= 4 is 23.7 Å². The molecule has 0 fully saturated rings. The molecule has 1 aromatic rings. The lowest BCUT2D eigenvalue weighted by Gasteiger charge is -1.96. The zero-order valence-electron chi connectivity index (χ0n) is 6.54. The molecule has 0 unspecified atom stereocenters. The number of hydrogen-bond donors (Lipinski definition) is 1. The van der Waals surface area contributed by atoms with Crippen LogP contribution in [0, 0.1) is 0 Å². The van der Waals surface area contributed by atoms with Crippen LogP contribution in [0.5, 0.6) is 0 Å². The van der Waals surface area contributed by atoms with Gasteiger partial charge in [-0.25, -0.2) is 4.98 Å². The maximum Gasteiger partial charge on any atom is 0.106 e. The van der Waals surface area contributed by atoms with Crippen LogP contribution in [0.1, 0.15) is 18.4 Å². The Hall–Kier alpha value is -0.120. The minimum Gasteiger partial charge on any atom is -0.310 e. The van der Waals surface area contributed by atoms with E-state index in [0.29, 0.717) is 0 Å². The monoisotopic (exact) mass is 192 g/mol. The summed E-state index contributed by atoms with van der Waals surface area (Å²) in [5.74, 6) is 0. The van der Waals surface area contributed by atoms with Crippen molar-refractivity contribution in [2.24, 2.45) is 0 Å². The summed E-state index contributed by atoms with van der Waals surface area (Å²) in [6.07, 6.45) is 3.03. The van der Waals surface area contributed by atoms with Crippen molar-refractivity contribution in [1.29, 1.82) is 0 Å². The highest BCUT2D eigenvalue weighted by molar-refractivity contribution is 7.09. The SMILES string of the molecule is CCCNCc1nccs1.Cl. The third kappa shape index (κ3) is 4.35. The first-order valence-electron chi connectivity index (χ1n) is 3.52. The second-order valence-corrected chi connectivity index (χ2v) is 3.08. The molecule has 0 amide bonds. The largest absolute Gasteiger partial charge is 0.310 e. The third-order valence-electron chi connectivity index (χ3n) is 1.19. The summed E-state index contributed by atoms with van der Waals surface area (Å²) in [6.45, 7) is 4.17. The average molecular weight is 193 g/mol. The van der Waals surface area contributed by atoms with Gasteiger partial charge >= 0.3 is 0 Å². The molecule has 1 rings (SSSR count). The quantitative estimate of drug-likeness (QED) is 0.739. The first kappa shape index (κ1) is 10.9. The highest BCUT2D eigenvalue weighted by atomic mass is 35.5. The van der Waals surface area contributed by atoms with Crippen LogP contribution in [0.15, 0.2) is 11.6 Å². The second kappa shape index (κ2) is 6.58. The molecule has 2 nitrogen and oxygen atoms in total. The van der Waals surface area contributed by atoms with Gasteiger partial charge in [0.15, 0.2) is 0 Å². The highest BCUT2D eigenvalue weighted by Crippen LogP contribution is 2.01. The zero-order valence-corrected chi connectivity index (χ0v) is 8.17. The molecule has 0 spiro atoms. The molecule has 64 valence electrons. The van der Waals surface area contributed by atoms with E-state index >= 15 is 0 Å². The molecular weight excluding hydrogens is 180 g/mol. The Morgan fingerprint density at radius 2 is 2.45 bits per heavy atom. The molecule has 0 saturated carbocycles. The normalized spacial score (nSPS) is 9.18. The van der Waals surface area contributed by atoms with Crippen LogP contribution >= 0.6 is 23.7 Å². The molecule has 1 N–H and O–H groups in total. The van der Waals surface area contributed by atoms with Gasteiger partial charge in [-0.1, -0.05) is 6.92 Å². The molecule has 0 atom stereocenters. The third-order valence-corrected chi connectivity index (χ3v) is 1.97. The van der Waals surface area contributed by atoms with Crippen LogP contribution < -0.4 is 5.32 Å². The lowest BCUT2D eigenvalue weighted by molar-refractivity contribution is 0.673. The topological polar surface area (TPSA) is 24.9 Å². The summed E-state index contributed by atoms with van der Waals surface area (Å²) in [5.41, 5.74) is 0. The maximum atomic E-state index is 4.14. The highest BCUT2D eigenvalue weighted by Gasteiger charge is 1.91. The molecule has 0 radical (unpaired) electrons. The van der Waals surface area contributed by atoms with Crippen molar-refractivity contribution in [2.45, 2.75) is 19.9 Å². The molecule has 0 aromatic carbocycles. The Labute approximate surface area is 77.5 Å². The molecule has 0 aliphatic rings. The first-order valence-corrected chi connectivity index (χ1v) is 4.40. The lowest BCUT2D eigenvalue weighted by Crippen LogP contribution is -2.13. The second-order valence-electron chi connectivity index (χ2n) is 2.10. The molecule has 4 heteroatoms. The van der Waals surface area contributed by atoms with Crippen molar-refractivity contribution in [3.05, 3.63) is 16.6 Å². The lowest BCUT2D eigenvalue weighted by atomic mass is 10.5. The average Bonchev–Trinajstić information content (AvgIpc) is 2.41. The smallest absolute Gasteiger partial charge is 0.106 e. The summed E-state index contributed by atoms with van der Waals surface area (Å²) >= 11 is 1.70. The molecule has 0 aliphatic carbocycles. The minimum atomic E-state index is 0. The number of nitrogens with zero attached hydrogens (tertiary/aromatic N) is 1. The fraction of sp³-hybridized carbons (Fsp3) is 0.571. The number of hydrogen-bond acceptors (Lipinski definition) is 3. The van der Waals surface area contributed by atoms with Crippen LogP contribution in [-0.2, 0) is 6.54 Å². The molecule has 1 aromatic heterocycles. The predicted molar refractivity (Wildman–Crippen MR) is 51.4 cm³/mol. The molecule has 11 heavy (non-hydrogen) atoms. The Balaban J connectivity index is 0.000001000. The van der Waals surface area contributed by atoms with Crippen molar-refractivity contribution in [1.82, 2.24) is 10.3 Å². The van der Waals surface area contributed by atoms with E-state index in [1.807, 2.05) is 11.6 Å². The Morgan fingerprint density at radius 3 is 3.00 bits per heavy atom. The number of halogens is 1. The molecule has 0 bridgehead atoms. The number of thiazole rings is 1. The van der Waals surface area contributed by atoms with E-state index in [1.54, 1.807) is 11.3 Å². The van der Waals surface area contributed by atoms with E-state index in [0.717, 1.165) is 13.1 Å². The predicted octanol–water partition coefficient (Wildman–Crippen LogP) is 2.06. The summed E-state index contributed by atoms with van der Waals surface area (Å²) in [7, 11) is 0. The van der Waals surface area contributed by atoms with Gasteiger partial charge in [-0.15, -0.1) is 23.7 Å². The fourth-order valence-electron chi connectivity index (χ4n) is 0.712. The van der Waals surface area contributed by atoms with Crippen molar-refractivity contribution in [2.75, 3.05) is 6.54 Å². The minimum absolute atomic E-state index is 0. The van der Waals surface area contributed by atoms with Gasteiger partial charge in [0.1, 0.15) is 5.01 Å². The number of rotatable bonds is 4.